The molecule has 0 saturated carbocycles. The normalized spacial score (nSPS) is 18.5. The highest BCUT2D eigenvalue weighted by Gasteiger charge is 2.27. The molecule has 0 radical (unpaired) electrons. The van der Waals surface area contributed by atoms with E-state index in [1.54, 1.807) is 17.9 Å². The van der Waals surface area contributed by atoms with Crippen molar-refractivity contribution in [1.29, 1.82) is 0 Å². The number of H-pyrrole nitrogens is 1. The molecule has 1 N–H and O–H groups in total. The largest absolute Gasteiger partial charge is 0.309 e. The molecule has 1 aliphatic heterocycles. The first-order valence-corrected chi connectivity index (χ1v) is 8.40. The summed E-state index contributed by atoms with van der Waals surface area (Å²) >= 11 is 6.13. The second kappa shape index (κ2) is 6.03. The first kappa shape index (κ1) is 15.4. The van der Waals surface area contributed by atoms with Crippen LogP contribution in [0.4, 0.5) is 0 Å². The van der Waals surface area contributed by atoms with Gasteiger partial charge in [-0.25, -0.2) is 4.98 Å². The second-order valence-corrected chi connectivity index (χ2v) is 6.64. The zero-order valence-electron chi connectivity index (χ0n) is 13.4. The molecule has 4 rings (SSSR count). The number of aromatic nitrogens is 4. The van der Waals surface area contributed by atoms with Gasteiger partial charge in [0.05, 0.1) is 12.7 Å². The van der Waals surface area contributed by atoms with E-state index in [-0.39, 0.29) is 5.56 Å². The first-order valence-electron chi connectivity index (χ1n) is 8.02. The van der Waals surface area contributed by atoms with Crippen molar-refractivity contribution < 1.29 is 0 Å². The van der Waals surface area contributed by atoms with Gasteiger partial charge in [0.2, 0.25) is 0 Å². The standard InChI is InChI=1S/C17H18ClN5O/c1-22-16-13(9-19-22)17(24)21-15(20-16)10-23-7-3-6-14(23)11-4-2-5-12(18)8-11/h2,4-5,8-9,14H,3,6-7,10H2,1H3,(H,20,21,24). The number of hydrogen-bond acceptors (Lipinski definition) is 4. The van der Waals surface area contributed by atoms with Crippen molar-refractivity contribution in [1.82, 2.24) is 24.6 Å². The van der Waals surface area contributed by atoms with Crippen LogP contribution in [0, 0.1) is 0 Å². The van der Waals surface area contributed by atoms with E-state index in [4.69, 9.17) is 11.6 Å². The Balaban J connectivity index is 1.64. The predicted molar refractivity (Wildman–Crippen MR) is 93.0 cm³/mol. The Morgan fingerprint density at radius 2 is 2.29 bits per heavy atom. The van der Waals surface area contributed by atoms with E-state index >= 15 is 0 Å². The van der Waals surface area contributed by atoms with Crippen LogP contribution in [0.3, 0.4) is 0 Å². The lowest BCUT2D eigenvalue weighted by Gasteiger charge is -2.24. The molecule has 3 aromatic rings. The number of fused-ring (bicyclic) bond motifs is 1. The highest BCUT2D eigenvalue weighted by atomic mass is 35.5. The van der Waals surface area contributed by atoms with Crippen molar-refractivity contribution >= 4 is 22.6 Å². The number of aryl methyl sites for hydroxylation is 1. The number of likely N-dealkylation sites (tertiary alicyclic amines) is 1. The van der Waals surface area contributed by atoms with Gasteiger partial charge in [0.1, 0.15) is 11.2 Å². The van der Waals surface area contributed by atoms with Crippen LogP contribution in [-0.4, -0.2) is 31.2 Å². The second-order valence-electron chi connectivity index (χ2n) is 6.20. The monoisotopic (exact) mass is 343 g/mol. The Morgan fingerprint density at radius 3 is 3.12 bits per heavy atom. The molecule has 3 heterocycles. The summed E-state index contributed by atoms with van der Waals surface area (Å²) in [7, 11) is 1.79. The van der Waals surface area contributed by atoms with Gasteiger partial charge in [0.25, 0.3) is 5.56 Å². The van der Waals surface area contributed by atoms with E-state index in [1.165, 1.54) is 5.56 Å². The molecule has 0 amide bonds. The molecule has 0 bridgehead atoms. The van der Waals surface area contributed by atoms with Gasteiger partial charge in [0, 0.05) is 18.1 Å². The molecule has 1 atom stereocenters. The van der Waals surface area contributed by atoms with Crippen molar-refractivity contribution in [3.8, 4) is 0 Å². The molecular formula is C17H18ClN5O. The van der Waals surface area contributed by atoms with Crippen LogP contribution in [0.1, 0.15) is 30.3 Å². The number of benzene rings is 1. The summed E-state index contributed by atoms with van der Waals surface area (Å²) in [5.41, 5.74) is 1.69. The number of nitrogens with zero attached hydrogens (tertiary/aromatic N) is 4. The van der Waals surface area contributed by atoms with E-state index in [0.717, 1.165) is 24.4 Å². The Bertz CT molecular complexity index is 948. The van der Waals surface area contributed by atoms with E-state index in [9.17, 15) is 4.79 Å². The highest BCUT2D eigenvalue weighted by molar-refractivity contribution is 6.30. The first-order chi connectivity index (χ1) is 11.6. The van der Waals surface area contributed by atoms with Crippen LogP contribution in [0.25, 0.3) is 11.0 Å². The van der Waals surface area contributed by atoms with Crippen molar-refractivity contribution in [2.75, 3.05) is 6.54 Å². The molecule has 1 aliphatic rings. The van der Waals surface area contributed by atoms with Crippen LogP contribution in [0.5, 0.6) is 0 Å². The minimum atomic E-state index is -0.137. The minimum Gasteiger partial charge on any atom is -0.309 e. The molecule has 6 nitrogen and oxygen atoms in total. The van der Waals surface area contributed by atoms with Gasteiger partial charge in [-0.2, -0.15) is 5.10 Å². The molecule has 0 spiro atoms. The third kappa shape index (κ3) is 2.72. The topological polar surface area (TPSA) is 66.8 Å². The van der Waals surface area contributed by atoms with Crippen LogP contribution in [0.2, 0.25) is 5.02 Å². The molecule has 7 heteroatoms. The summed E-state index contributed by atoms with van der Waals surface area (Å²) in [6, 6.07) is 8.30. The lowest BCUT2D eigenvalue weighted by Crippen LogP contribution is -2.25. The van der Waals surface area contributed by atoms with Crippen molar-refractivity contribution in [3.63, 3.8) is 0 Å². The molecular weight excluding hydrogens is 326 g/mol. The van der Waals surface area contributed by atoms with Gasteiger partial charge >= 0.3 is 0 Å². The fourth-order valence-corrected chi connectivity index (χ4v) is 3.65. The summed E-state index contributed by atoms with van der Waals surface area (Å²) in [5, 5.41) is 5.38. The molecule has 124 valence electrons. The molecule has 0 aliphatic carbocycles. The Hall–Kier alpha value is -2.18. The summed E-state index contributed by atoms with van der Waals surface area (Å²) in [6.07, 6.45) is 3.75. The summed E-state index contributed by atoms with van der Waals surface area (Å²) in [4.78, 5) is 22.0. The van der Waals surface area contributed by atoms with Crippen LogP contribution < -0.4 is 5.56 Å². The maximum absolute atomic E-state index is 12.2. The van der Waals surface area contributed by atoms with E-state index < -0.39 is 0 Å². The van der Waals surface area contributed by atoms with Gasteiger partial charge in [-0.15, -0.1) is 0 Å². The highest BCUT2D eigenvalue weighted by Crippen LogP contribution is 2.33. The maximum Gasteiger partial charge on any atom is 0.262 e. The van der Waals surface area contributed by atoms with Crippen LogP contribution in [0.15, 0.2) is 35.3 Å². The number of aromatic amines is 1. The lowest BCUT2D eigenvalue weighted by molar-refractivity contribution is 0.242. The van der Waals surface area contributed by atoms with Crippen LogP contribution in [-0.2, 0) is 13.6 Å². The molecule has 24 heavy (non-hydrogen) atoms. The Labute approximate surface area is 144 Å². The summed E-state index contributed by atoms with van der Waals surface area (Å²) in [5.74, 6) is 0.671. The molecule has 1 aromatic carbocycles. The quantitative estimate of drug-likeness (QED) is 0.794. The molecule has 1 unspecified atom stereocenters. The van der Waals surface area contributed by atoms with Crippen LogP contribution >= 0.6 is 11.6 Å². The predicted octanol–water partition coefficient (Wildman–Crippen LogP) is 2.65. The maximum atomic E-state index is 12.2. The van der Waals surface area contributed by atoms with E-state index in [0.29, 0.717) is 29.4 Å². The number of rotatable bonds is 3. The Kier molecular flexibility index (Phi) is 3.86. The summed E-state index contributed by atoms with van der Waals surface area (Å²) < 4.78 is 1.63. The smallest absolute Gasteiger partial charge is 0.262 e. The Morgan fingerprint density at radius 1 is 1.42 bits per heavy atom. The number of nitrogens with one attached hydrogen (secondary N) is 1. The van der Waals surface area contributed by atoms with Gasteiger partial charge < -0.3 is 4.98 Å². The zero-order valence-corrected chi connectivity index (χ0v) is 14.1. The lowest BCUT2D eigenvalue weighted by atomic mass is 10.0. The summed E-state index contributed by atoms with van der Waals surface area (Å²) in [6.45, 7) is 1.58. The van der Waals surface area contributed by atoms with Gasteiger partial charge in [-0.05, 0) is 37.1 Å². The minimum absolute atomic E-state index is 0.137. The van der Waals surface area contributed by atoms with Gasteiger partial charge in [-0.1, -0.05) is 23.7 Å². The molecule has 2 aromatic heterocycles. The van der Waals surface area contributed by atoms with Crippen molar-refractivity contribution in [3.05, 3.63) is 57.2 Å². The fraction of sp³-hybridized carbons (Fsp3) is 0.353. The molecule has 1 fully saturated rings. The third-order valence-electron chi connectivity index (χ3n) is 4.60. The van der Waals surface area contributed by atoms with Gasteiger partial charge in [-0.3, -0.25) is 14.4 Å². The number of halogens is 1. The van der Waals surface area contributed by atoms with E-state index in [1.807, 2.05) is 18.2 Å². The SMILES string of the molecule is Cn1ncc2c(=O)[nH]c(CN3CCCC3c3cccc(Cl)c3)nc21. The molecule has 1 saturated heterocycles. The van der Waals surface area contributed by atoms with E-state index in [2.05, 4.69) is 26.0 Å². The average molecular weight is 344 g/mol. The average Bonchev–Trinajstić information content (AvgIpc) is 3.15. The fourth-order valence-electron chi connectivity index (χ4n) is 3.45. The van der Waals surface area contributed by atoms with Crippen molar-refractivity contribution in [2.24, 2.45) is 7.05 Å². The van der Waals surface area contributed by atoms with Crippen molar-refractivity contribution in [2.45, 2.75) is 25.4 Å². The third-order valence-corrected chi connectivity index (χ3v) is 4.84. The number of hydrogen-bond donors (Lipinski definition) is 1. The zero-order chi connectivity index (χ0) is 16.7. The van der Waals surface area contributed by atoms with Gasteiger partial charge in [0.15, 0.2) is 5.65 Å².